The maximum absolute atomic E-state index is 12.7. The van der Waals surface area contributed by atoms with E-state index in [1.807, 2.05) is 0 Å². The lowest BCUT2D eigenvalue weighted by Crippen LogP contribution is -2.19. The number of hydrogen-bond donors (Lipinski definition) is 3. The van der Waals surface area contributed by atoms with Gasteiger partial charge in [-0.25, -0.2) is 13.2 Å². The standard InChI is InChI=1S/C20H14Cl2N2O5S/c21-13-7-10-17(24-30(28,29)18-4-2-1-3-16(18)22)15(11-13)19(25)23-14-8-5-12(6-9-14)20(26)27/h1-11,24H,(H,23,25)(H,26,27). The third-order valence-electron chi connectivity index (χ3n) is 3.99. The highest BCUT2D eigenvalue weighted by molar-refractivity contribution is 7.92. The number of anilines is 2. The zero-order valence-corrected chi connectivity index (χ0v) is 17.4. The Labute approximate surface area is 182 Å². The number of carbonyl (C=O) groups is 2. The molecule has 0 atom stereocenters. The number of carboxylic acid groups (broad SMARTS) is 1. The summed E-state index contributed by atoms with van der Waals surface area (Å²) in [5.74, 6) is -1.74. The summed E-state index contributed by atoms with van der Waals surface area (Å²) in [5.41, 5.74) is 0.355. The molecule has 0 aliphatic carbocycles. The second-order valence-corrected chi connectivity index (χ2v) is 8.56. The predicted octanol–water partition coefficient (Wildman–Crippen LogP) is 4.74. The molecule has 3 aromatic rings. The highest BCUT2D eigenvalue weighted by Gasteiger charge is 2.21. The highest BCUT2D eigenvalue weighted by atomic mass is 35.5. The minimum atomic E-state index is -4.07. The quantitative estimate of drug-likeness (QED) is 0.487. The van der Waals surface area contributed by atoms with Gasteiger partial charge in [0.1, 0.15) is 4.90 Å². The molecular weight excluding hydrogens is 451 g/mol. The van der Waals surface area contributed by atoms with Crippen molar-refractivity contribution in [3.05, 3.63) is 87.9 Å². The molecule has 154 valence electrons. The average Bonchev–Trinajstić information content (AvgIpc) is 2.69. The molecule has 0 fully saturated rings. The van der Waals surface area contributed by atoms with E-state index in [2.05, 4.69) is 10.0 Å². The summed E-state index contributed by atoms with van der Waals surface area (Å²) in [6.07, 6.45) is 0. The van der Waals surface area contributed by atoms with E-state index >= 15 is 0 Å². The van der Waals surface area contributed by atoms with Crippen LogP contribution in [0, 0.1) is 0 Å². The number of sulfonamides is 1. The van der Waals surface area contributed by atoms with Gasteiger partial charge in [-0.2, -0.15) is 0 Å². The minimum absolute atomic E-state index is 0.000948. The monoisotopic (exact) mass is 464 g/mol. The van der Waals surface area contributed by atoms with Crippen molar-refractivity contribution in [2.75, 3.05) is 10.0 Å². The Hall–Kier alpha value is -3.07. The van der Waals surface area contributed by atoms with E-state index in [1.54, 1.807) is 6.07 Å². The first-order chi connectivity index (χ1) is 14.2. The topological polar surface area (TPSA) is 113 Å². The molecule has 0 aliphatic heterocycles. The molecule has 0 heterocycles. The molecule has 0 bridgehead atoms. The number of carboxylic acids is 1. The van der Waals surface area contributed by atoms with Gasteiger partial charge in [-0.05, 0) is 54.6 Å². The van der Waals surface area contributed by atoms with Gasteiger partial charge in [-0.3, -0.25) is 9.52 Å². The minimum Gasteiger partial charge on any atom is -0.478 e. The second-order valence-electron chi connectivity index (χ2n) is 6.06. The fourth-order valence-electron chi connectivity index (χ4n) is 2.55. The fourth-order valence-corrected chi connectivity index (χ4v) is 4.32. The lowest BCUT2D eigenvalue weighted by Gasteiger charge is -2.14. The van der Waals surface area contributed by atoms with Gasteiger partial charge in [-0.1, -0.05) is 35.3 Å². The maximum atomic E-state index is 12.7. The van der Waals surface area contributed by atoms with Crippen molar-refractivity contribution in [3.8, 4) is 0 Å². The average molecular weight is 465 g/mol. The van der Waals surface area contributed by atoms with Crippen LogP contribution < -0.4 is 10.0 Å². The molecule has 30 heavy (non-hydrogen) atoms. The van der Waals surface area contributed by atoms with Crippen molar-refractivity contribution < 1.29 is 23.1 Å². The van der Waals surface area contributed by atoms with Crippen molar-refractivity contribution in [1.82, 2.24) is 0 Å². The van der Waals surface area contributed by atoms with E-state index in [-0.39, 0.29) is 31.8 Å². The Bertz CT molecular complexity index is 1230. The summed E-state index contributed by atoms with van der Waals surface area (Å²) in [6, 6.07) is 15.5. The first-order valence-corrected chi connectivity index (χ1v) is 10.6. The number of nitrogens with one attached hydrogen (secondary N) is 2. The summed E-state index contributed by atoms with van der Waals surface area (Å²) >= 11 is 12.0. The maximum Gasteiger partial charge on any atom is 0.335 e. The predicted molar refractivity (Wildman–Crippen MR) is 115 cm³/mol. The van der Waals surface area contributed by atoms with Crippen molar-refractivity contribution in [2.24, 2.45) is 0 Å². The van der Waals surface area contributed by atoms with Gasteiger partial charge in [0.05, 0.1) is 21.8 Å². The summed E-state index contributed by atoms with van der Waals surface area (Å²) in [6.45, 7) is 0. The molecule has 0 aliphatic rings. The zero-order valence-electron chi connectivity index (χ0n) is 15.1. The molecule has 0 aromatic heterocycles. The van der Waals surface area contributed by atoms with Gasteiger partial charge in [0, 0.05) is 10.7 Å². The SMILES string of the molecule is O=C(O)c1ccc(NC(=O)c2cc(Cl)ccc2NS(=O)(=O)c2ccccc2Cl)cc1. The molecule has 1 amide bonds. The number of benzene rings is 3. The van der Waals surface area contributed by atoms with Gasteiger partial charge < -0.3 is 10.4 Å². The van der Waals surface area contributed by atoms with Crippen molar-refractivity contribution in [3.63, 3.8) is 0 Å². The largest absolute Gasteiger partial charge is 0.478 e. The van der Waals surface area contributed by atoms with Crippen LogP contribution in [-0.4, -0.2) is 25.4 Å². The molecule has 0 spiro atoms. The molecule has 3 aromatic carbocycles. The molecule has 0 unspecified atom stereocenters. The highest BCUT2D eigenvalue weighted by Crippen LogP contribution is 2.27. The first kappa shape index (κ1) is 21.6. The molecule has 3 rings (SSSR count). The zero-order chi connectivity index (χ0) is 21.9. The van der Waals surface area contributed by atoms with Crippen LogP contribution in [0.2, 0.25) is 10.0 Å². The van der Waals surface area contributed by atoms with E-state index in [4.69, 9.17) is 28.3 Å². The van der Waals surface area contributed by atoms with Crippen LogP contribution in [0.5, 0.6) is 0 Å². The summed E-state index contributed by atoms with van der Waals surface area (Å²) < 4.78 is 27.8. The number of aromatic carboxylic acids is 1. The smallest absolute Gasteiger partial charge is 0.335 e. The van der Waals surface area contributed by atoms with Crippen LogP contribution in [-0.2, 0) is 10.0 Å². The lowest BCUT2D eigenvalue weighted by molar-refractivity contribution is 0.0696. The van der Waals surface area contributed by atoms with Crippen LogP contribution in [0.4, 0.5) is 11.4 Å². The van der Waals surface area contributed by atoms with Crippen molar-refractivity contribution in [1.29, 1.82) is 0 Å². The molecule has 0 radical (unpaired) electrons. The number of halogens is 2. The van der Waals surface area contributed by atoms with Crippen LogP contribution in [0.3, 0.4) is 0 Å². The Morgan fingerprint density at radius 3 is 2.20 bits per heavy atom. The van der Waals surface area contributed by atoms with Crippen LogP contribution in [0.1, 0.15) is 20.7 Å². The van der Waals surface area contributed by atoms with E-state index in [0.29, 0.717) is 5.69 Å². The van der Waals surface area contributed by atoms with Crippen LogP contribution in [0.15, 0.2) is 71.6 Å². The Morgan fingerprint density at radius 1 is 0.900 bits per heavy atom. The summed E-state index contributed by atoms with van der Waals surface area (Å²) in [5, 5.41) is 11.8. The van der Waals surface area contributed by atoms with E-state index < -0.39 is 21.9 Å². The van der Waals surface area contributed by atoms with Gasteiger partial charge in [0.2, 0.25) is 0 Å². The Balaban J connectivity index is 1.90. The van der Waals surface area contributed by atoms with Gasteiger partial charge >= 0.3 is 5.97 Å². The van der Waals surface area contributed by atoms with E-state index in [1.165, 1.54) is 60.7 Å². The molecule has 7 nitrogen and oxygen atoms in total. The van der Waals surface area contributed by atoms with Gasteiger partial charge in [-0.15, -0.1) is 0 Å². The van der Waals surface area contributed by atoms with Gasteiger partial charge in [0.15, 0.2) is 0 Å². The number of carbonyl (C=O) groups excluding carboxylic acids is 1. The molecule has 3 N–H and O–H groups in total. The van der Waals surface area contributed by atoms with E-state index in [9.17, 15) is 18.0 Å². The third kappa shape index (κ3) is 4.91. The summed E-state index contributed by atoms with van der Waals surface area (Å²) in [7, 11) is -4.07. The summed E-state index contributed by atoms with van der Waals surface area (Å²) in [4.78, 5) is 23.5. The van der Waals surface area contributed by atoms with E-state index in [0.717, 1.165) is 0 Å². The Morgan fingerprint density at radius 2 is 1.57 bits per heavy atom. The fraction of sp³-hybridized carbons (Fsp3) is 0. The number of rotatable bonds is 6. The van der Waals surface area contributed by atoms with Crippen LogP contribution in [0.25, 0.3) is 0 Å². The molecule has 0 saturated heterocycles. The number of amides is 1. The molecular formula is C20H14Cl2N2O5S. The molecule has 0 saturated carbocycles. The first-order valence-electron chi connectivity index (χ1n) is 8.39. The van der Waals surface area contributed by atoms with Crippen molar-refractivity contribution >= 4 is 56.5 Å². The second kappa shape index (κ2) is 8.74. The van der Waals surface area contributed by atoms with Crippen LogP contribution >= 0.6 is 23.2 Å². The molecule has 10 heteroatoms. The Kier molecular flexibility index (Phi) is 6.31. The lowest BCUT2D eigenvalue weighted by atomic mass is 10.1. The normalized spacial score (nSPS) is 11.0. The van der Waals surface area contributed by atoms with Crippen molar-refractivity contribution in [2.45, 2.75) is 4.90 Å². The third-order valence-corrected chi connectivity index (χ3v) is 6.09. The van der Waals surface area contributed by atoms with Gasteiger partial charge in [0.25, 0.3) is 15.9 Å². The number of hydrogen-bond acceptors (Lipinski definition) is 4.